The van der Waals surface area contributed by atoms with Crippen LogP contribution in [-0.4, -0.2) is 0 Å². The summed E-state index contributed by atoms with van der Waals surface area (Å²) in [7, 11) is 2.81. The van der Waals surface area contributed by atoms with Crippen molar-refractivity contribution in [2.45, 2.75) is 6.42 Å². The predicted molar refractivity (Wildman–Crippen MR) is 68.3 cm³/mol. The van der Waals surface area contributed by atoms with Gasteiger partial charge in [-0.25, -0.2) is 0 Å². The number of anilines is 2. The van der Waals surface area contributed by atoms with Gasteiger partial charge in [-0.05, 0) is 28.6 Å². The molecule has 0 amide bonds. The van der Waals surface area contributed by atoms with Crippen molar-refractivity contribution in [1.29, 1.82) is 0 Å². The van der Waals surface area contributed by atoms with E-state index in [4.69, 9.17) is 0 Å². The predicted octanol–water partition coefficient (Wildman–Crippen LogP) is 2.83. The molecule has 1 atom stereocenters. The van der Waals surface area contributed by atoms with E-state index in [0.29, 0.717) is 0 Å². The van der Waals surface area contributed by atoms with Gasteiger partial charge in [-0.2, -0.15) is 0 Å². The molecule has 0 aliphatic carbocycles. The highest BCUT2D eigenvalue weighted by atomic mass is 31.0. The molecule has 1 aliphatic rings. The number of nitrogens with one attached hydrogen (secondary N) is 1. The summed E-state index contributed by atoms with van der Waals surface area (Å²) in [5.74, 6) is 0. The summed E-state index contributed by atoms with van der Waals surface area (Å²) in [6, 6.07) is 14.8. The second-order valence-corrected chi connectivity index (χ2v) is 4.45. The molecule has 1 nitrogen and oxygen atoms in total. The Hall–Kier alpha value is -1.33. The molecule has 2 aromatic carbocycles. The monoisotopic (exact) mass is 213 g/mol. The van der Waals surface area contributed by atoms with Crippen molar-refractivity contribution in [3.63, 3.8) is 0 Å². The molecule has 0 bridgehead atoms. The van der Waals surface area contributed by atoms with Gasteiger partial charge in [-0.1, -0.05) is 30.3 Å². The number of hydrogen-bond donors (Lipinski definition) is 1. The molecule has 2 heteroatoms. The van der Waals surface area contributed by atoms with Crippen molar-refractivity contribution >= 4 is 25.9 Å². The maximum absolute atomic E-state index is 3.47. The van der Waals surface area contributed by atoms with Crippen molar-refractivity contribution in [2.75, 3.05) is 5.32 Å². The summed E-state index contributed by atoms with van der Waals surface area (Å²) < 4.78 is 0. The smallest absolute Gasteiger partial charge is 0.0426 e. The summed E-state index contributed by atoms with van der Waals surface area (Å²) in [4.78, 5) is 0. The van der Waals surface area contributed by atoms with Crippen molar-refractivity contribution < 1.29 is 0 Å². The molecule has 0 aromatic heterocycles. The second kappa shape index (κ2) is 3.36. The fourth-order valence-corrected chi connectivity index (χ4v) is 2.42. The molecule has 2 aromatic rings. The van der Waals surface area contributed by atoms with Gasteiger partial charge in [0.25, 0.3) is 0 Å². The van der Waals surface area contributed by atoms with Gasteiger partial charge in [0.1, 0.15) is 0 Å². The van der Waals surface area contributed by atoms with Crippen LogP contribution in [0.5, 0.6) is 0 Å². The molecule has 1 unspecified atom stereocenters. The summed E-state index contributed by atoms with van der Waals surface area (Å²) in [5, 5.41) is 4.75. The SMILES string of the molecule is Pc1cccc2c1Cc1ccccc1N2. The second-order valence-electron chi connectivity index (χ2n) is 3.83. The Bertz CT molecular complexity index is 520. The molecule has 0 saturated carbocycles. The van der Waals surface area contributed by atoms with E-state index in [1.54, 1.807) is 0 Å². The molecule has 0 saturated heterocycles. The average Bonchev–Trinajstić information content (AvgIpc) is 2.27. The zero-order chi connectivity index (χ0) is 10.3. The highest BCUT2D eigenvalue weighted by Crippen LogP contribution is 2.31. The van der Waals surface area contributed by atoms with E-state index in [1.165, 1.54) is 27.8 Å². The maximum atomic E-state index is 3.47. The molecule has 1 N–H and O–H groups in total. The number of fused-ring (bicyclic) bond motifs is 2. The van der Waals surface area contributed by atoms with Crippen LogP contribution in [0.1, 0.15) is 11.1 Å². The van der Waals surface area contributed by atoms with Gasteiger partial charge < -0.3 is 5.32 Å². The Balaban J connectivity index is 2.15. The van der Waals surface area contributed by atoms with Crippen LogP contribution < -0.4 is 10.6 Å². The first-order valence-electron chi connectivity index (χ1n) is 5.07. The molecular formula is C13H12NP. The first kappa shape index (κ1) is 8.94. The molecule has 0 radical (unpaired) electrons. The Morgan fingerprint density at radius 1 is 0.933 bits per heavy atom. The Labute approximate surface area is 91.7 Å². The lowest BCUT2D eigenvalue weighted by Gasteiger charge is -2.22. The number of benzene rings is 2. The van der Waals surface area contributed by atoms with E-state index in [9.17, 15) is 0 Å². The standard InChI is InChI=1S/C13H12NP/c15-13-7-3-6-12-10(13)8-9-4-1-2-5-11(9)14-12/h1-7,14H,8,15H2. The van der Waals surface area contributed by atoms with Gasteiger partial charge in [-0.3, -0.25) is 0 Å². The Morgan fingerprint density at radius 3 is 2.67 bits per heavy atom. The number of rotatable bonds is 0. The average molecular weight is 213 g/mol. The van der Waals surface area contributed by atoms with E-state index in [2.05, 4.69) is 57.0 Å². The summed E-state index contributed by atoms with van der Waals surface area (Å²) in [6.45, 7) is 0. The first-order valence-corrected chi connectivity index (χ1v) is 5.64. The van der Waals surface area contributed by atoms with E-state index in [-0.39, 0.29) is 0 Å². The first-order chi connectivity index (χ1) is 7.34. The zero-order valence-corrected chi connectivity index (χ0v) is 9.48. The van der Waals surface area contributed by atoms with Gasteiger partial charge >= 0.3 is 0 Å². The third-order valence-electron chi connectivity index (χ3n) is 2.87. The van der Waals surface area contributed by atoms with Crippen LogP contribution >= 0.6 is 9.24 Å². The number of para-hydroxylation sites is 1. The molecule has 3 rings (SSSR count). The maximum Gasteiger partial charge on any atom is 0.0426 e. The molecule has 15 heavy (non-hydrogen) atoms. The summed E-state index contributed by atoms with van der Waals surface area (Å²) >= 11 is 0. The molecular weight excluding hydrogens is 201 g/mol. The van der Waals surface area contributed by atoms with E-state index in [1.807, 2.05) is 0 Å². The van der Waals surface area contributed by atoms with E-state index >= 15 is 0 Å². The lowest BCUT2D eigenvalue weighted by atomic mass is 9.97. The fourth-order valence-electron chi connectivity index (χ4n) is 2.05. The molecule has 0 fully saturated rings. The highest BCUT2D eigenvalue weighted by Gasteiger charge is 2.14. The minimum atomic E-state index is 1.03. The van der Waals surface area contributed by atoms with E-state index in [0.717, 1.165) is 6.42 Å². The van der Waals surface area contributed by atoms with Crippen LogP contribution in [0.2, 0.25) is 0 Å². The van der Waals surface area contributed by atoms with E-state index < -0.39 is 0 Å². The fraction of sp³-hybridized carbons (Fsp3) is 0.0769. The minimum absolute atomic E-state index is 1.03. The zero-order valence-electron chi connectivity index (χ0n) is 8.33. The van der Waals surface area contributed by atoms with Gasteiger partial charge in [0.15, 0.2) is 0 Å². The van der Waals surface area contributed by atoms with Crippen LogP contribution in [0.25, 0.3) is 0 Å². The van der Waals surface area contributed by atoms with Crippen molar-refractivity contribution in [3.8, 4) is 0 Å². The van der Waals surface area contributed by atoms with Gasteiger partial charge in [0, 0.05) is 17.8 Å². The Morgan fingerprint density at radius 2 is 1.73 bits per heavy atom. The van der Waals surface area contributed by atoms with Crippen LogP contribution in [0.15, 0.2) is 42.5 Å². The molecule has 1 aliphatic heterocycles. The summed E-state index contributed by atoms with van der Waals surface area (Å²) in [5.41, 5.74) is 5.24. The normalized spacial score (nSPS) is 12.6. The lowest BCUT2D eigenvalue weighted by molar-refractivity contribution is 1.17. The minimum Gasteiger partial charge on any atom is -0.355 e. The molecule has 1 heterocycles. The number of hydrogen-bond acceptors (Lipinski definition) is 1. The van der Waals surface area contributed by atoms with Crippen LogP contribution in [0, 0.1) is 0 Å². The largest absolute Gasteiger partial charge is 0.355 e. The Kier molecular flexibility index (Phi) is 2.00. The van der Waals surface area contributed by atoms with Gasteiger partial charge in [0.2, 0.25) is 0 Å². The van der Waals surface area contributed by atoms with Crippen LogP contribution in [-0.2, 0) is 6.42 Å². The van der Waals surface area contributed by atoms with Gasteiger partial charge in [-0.15, -0.1) is 9.24 Å². The molecule has 74 valence electrons. The van der Waals surface area contributed by atoms with Crippen LogP contribution in [0.3, 0.4) is 0 Å². The lowest BCUT2D eigenvalue weighted by Crippen LogP contribution is -2.12. The topological polar surface area (TPSA) is 12.0 Å². The van der Waals surface area contributed by atoms with Crippen molar-refractivity contribution in [2.24, 2.45) is 0 Å². The quantitative estimate of drug-likeness (QED) is 0.566. The van der Waals surface area contributed by atoms with Crippen molar-refractivity contribution in [3.05, 3.63) is 53.6 Å². The van der Waals surface area contributed by atoms with Crippen molar-refractivity contribution in [1.82, 2.24) is 0 Å². The van der Waals surface area contributed by atoms with Crippen LogP contribution in [0.4, 0.5) is 11.4 Å². The summed E-state index contributed by atoms with van der Waals surface area (Å²) in [6.07, 6.45) is 1.03. The highest BCUT2D eigenvalue weighted by molar-refractivity contribution is 7.27. The third kappa shape index (κ3) is 1.44. The third-order valence-corrected chi connectivity index (χ3v) is 3.41. The molecule has 0 spiro atoms. The van der Waals surface area contributed by atoms with Gasteiger partial charge in [0.05, 0.1) is 0 Å².